The van der Waals surface area contributed by atoms with Crippen molar-refractivity contribution < 1.29 is 22.3 Å². The molecular formula is C23H22F4N6O2. The van der Waals surface area contributed by atoms with Crippen molar-refractivity contribution in [2.75, 3.05) is 24.5 Å². The predicted molar refractivity (Wildman–Crippen MR) is 119 cm³/mol. The van der Waals surface area contributed by atoms with Gasteiger partial charge in [-0.1, -0.05) is 6.07 Å². The summed E-state index contributed by atoms with van der Waals surface area (Å²) in [6.07, 6.45) is -4.90. The van der Waals surface area contributed by atoms with E-state index >= 15 is 0 Å². The number of benzene rings is 1. The highest BCUT2D eigenvalue weighted by Crippen LogP contribution is 2.32. The molecule has 1 fully saturated rings. The number of aromatic nitrogens is 3. The van der Waals surface area contributed by atoms with Crippen molar-refractivity contribution in [3.8, 4) is 11.8 Å². The van der Waals surface area contributed by atoms with E-state index < -0.39 is 29.7 Å². The minimum absolute atomic E-state index is 0.121. The molecule has 4 rings (SSSR count). The first-order chi connectivity index (χ1) is 16.5. The van der Waals surface area contributed by atoms with Gasteiger partial charge in [0.2, 0.25) is 0 Å². The Morgan fingerprint density at radius 1 is 1.20 bits per heavy atom. The lowest BCUT2D eigenvalue weighted by Gasteiger charge is -2.43. The van der Waals surface area contributed by atoms with E-state index in [4.69, 9.17) is 0 Å². The standard InChI is InChI=1S/C23H22F4N6O2/c1-13-12-32(21-20-19(31(3)22(34)30-21)7-4-15(11-28)29-20)8-9-33(13)14(2)17-6-5-16(10-18(17)24)35-23(25,26)27/h4-7,10,13-14H,8-9,12H2,1-3H3. The Hall–Kier alpha value is -3.72. The molecule has 1 aliphatic rings. The van der Waals surface area contributed by atoms with Gasteiger partial charge in [-0.05, 0) is 32.0 Å². The van der Waals surface area contributed by atoms with Gasteiger partial charge in [-0.25, -0.2) is 14.2 Å². The molecule has 2 unspecified atom stereocenters. The third kappa shape index (κ3) is 4.90. The van der Waals surface area contributed by atoms with Gasteiger partial charge in [0.15, 0.2) is 5.82 Å². The average molecular weight is 490 g/mol. The normalized spacial score (nSPS) is 17.9. The van der Waals surface area contributed by atoms with Crippen LogP contribution in [-0.2, 0) is 7.05 Å². The van der Waals surface area contributed by atoms with Crippen molar-refractivity contribution in [1.29, 1.82) is 5.26 Å². The second kappa shape index (κ2) is 9.14. The first-order valence-electron chi connectivity index (χ1n) is 10.8. The molecule has 3 aromatic rings. The minimum atomic E-state index is -4.90. The summed E-state index contributed by atoms with van der Waals surface area (Å²) in [6.45, 7) is 5.06. The van der Waals surface area contributed by atoms with E-state index in [0.29, 0.717) is 36.5 Å². The number of pyridine rings is 1. The topological polar surface area (TPSA) is 87.3 Å². The fraction of sp³-hybridized carbons (Fsp3) is 0.391. The van der Waals surface area contributed by atoms with E-state index in [9.17, 15) is 27.6 Å². The SMILES string of the molecule is CC1CN(c2nc(=O)n(C)c3ccc(C#N)nc23)CCN1C(C)c1ccc(OC(F)(F)F)cc1F. The van der Waals surface area contributed by atoms with E-state index in [2.05, 4.69) is 14.7 Å². The molecule has 0 bridgehead atoms. The maximum atomic E-state index is 14.7. The van der Waals surface area contributed by atoms with Crippen molar-refractivity contribution in [3.63, 3.8) is 0 Å². The Bertz CT molecular complexity index is 1370. The van der Waals surface area contributed by atoms with Crippen molar-refractivity contribution in [3.05, 3.63) is 57.9 Å². The van der Waals surface area contributed by atoms with E-state index in [1.807, 2.05) is 22.8 Å². The molecule has 2 atom stereocenters. The van der Waals surface area contributed by atoms with Gasteiger partial charge in [-0.3, -0.25) is 9.47 Å². The quantitative estimate of drug-likeness (QED) is 0.518. The summed E-state index contributed by atoms with van der Waals surface area (Å²) in [5, 5.41) is 9.25. The molecule has 0 spiro atoms. The summed E-state index contributed by atoms with van der Waals surface area (Å²) >= 11 is 0. The number of anilines is 1. The van der Waals surface area contributed by atoms with Gasteiger partial charge in [0.25, 0.3) is 0 Å². The van der Waals surface area contributed by atoms with Crippen LogP contribution in [0.25, 0.3) is 11.0 Å². The number of nitriles is 1. The Kier molecular flexibility index (Phi) is 6.38. The van der Waals surface area contributed by atoms with Crippen molar-refractivity contribution in [1.82, 2.24) is 19.4 Å². The molecule has 35 heavy (non-hydrogen) atoms. The van der Waals surface area contributed by atoms with Gasteiger partial charge in [0, 0.05) is 50.4 Å². The molecule has 12 heteroatoms. The summed E-state index contributed by atoms with van der Waals surface area (Å²) < 4.78 is 57.1. The van der Waals surface area contributed by atoms with Crippen LogP contribution in [-0.4, -0.2) is 51.5 Å². The number of rotatable bonds is 4. The number of piperazine rings is 1. The summed E-state index contributed by atoms with van der Waals surface area (Å²) in [6, 6.07) is 7.76. The van der Waals surface area contributed by atoms with Crippen LogP contribution in [0, 0.1) is 17.1 Å². The van der Waals surface area contributed by atoms with Crippen LogP contribution in [0.5, 0.6) is 5.75 Å². The van der Waals surface area contributed by atoms with Crippen LogP contribution in [0.4, 0.5) is 23.4 Å². The largest absolute Gasteiger partial charge is 0.573 e. The number of hydrogen-bond acceptors (Lipinski definition) is 7. The second-order valence-corrected chi connectivity index (χ2v) is 8.39. The number of hydrogen-bond donors (Lipinski definition) is 0. The number of nitrogens with zero attached hydrogens (tertiary/aromatic N) is 6. The molecule has 8 nitrogen and oxygen atoms in total. The molecule has 1 aliphatic heterocycles. The number of aryl methyl sites for hydroxylation is 1. The molecule has 2 aromatic heterocycles. The molecule has 0 radical (unpaired) electrons. The van der Waals surface area contributed by atoms with Gasteiger partial charge < -0.3 is 9.64 Å². The molecule has 0 aliphatic carbocycles. The van der Waals surface area contributed by atoms with Gasteiger partial charge in [0.05, 0.1) is 5.52 Å². The fourth-order valence-corrected chi connectivity index (χ4v) is 4.45. The van der Waals surface area contributed by atoms with Gasteiger partial charge in [-0.2, -0.15) is 10.2 Å². The van der Waals surface area contributed by atoms with E-state index in [-0.39, 0.29) is 17.3 Å². The minimum Gasteiger partial charge on any atom is -0.406 e. The number of halogens is 4. The third-order valence-electron chi connectivity index (χ3n) is 6.18. The lowest BCUT2D eigenvalue weighted by Crippen LogP contribution is -2.53. The average Bonchev–Trinajstić information content (AvgIpc) is 2.79. The van der Waals surface area contributed by atoms with Crippen LogP contribution in [0.2, 0.25) is 0 Å². The molecule has 0 N–H and O–H groups in total. The monoisotopic (exact) mass is 490 g/mol. The van der Waals surface area contributed by atoms with Gasteiger partial charge in [-0.15, -0.1) is 13.2 Å². The highest BCUT2D eigenvalue weighted by atomic mass is 19.4. The van der Waals surface area contributed by atoms with Gasteiger partial charge >= 0.3 is 12.1 Å². The van der Waals surface area contributed by atoms with Crippen LogP contribution in [0.1, 0.15) is 31.1 Å². The highest BCUT2D eigenvalue weighted by Gasteiger charge is 2.33. The summed E-state index contributed by atoms with van der Waals surface area (Å²) in [7, 11) is 1.58. The Morgan fingerprint density at radius 3 is 2.57 bits per heavy atom. The lowest BCUT2D eigenvalue weighted by atomic mass is 10.0. The van der Waals surface area contributed by atoms with E-state index in [1.165, 1.54) is 16.7 Å². The smallest absolute Gasteiger partial charge is 0.406 e. The molecule has 1 aromatic carbocycles. The summed E-state index contributed by atoms with van der Waals surface area (Å²) in [4.78, 5) is 24.9. The summed E-state index contributed by atoms with van der Waals surface area (Å²) in [5.41, 5.74) is 0.979. The second-order valence-electron chi connectivity index (χ2n) is 8.39. The van der Waals surface area contributed by atoms with Crippen molar-refractivity contribution in [2.45, 2.75) is 32.3 Å². The molecule has 3 heterocycles. The Balaban J connectivity index is 1.58. The maximum Gasteiger partial charge on any atom is 0.573 e. The zero-order chi connectivity index (χ0) is 25.5. The highest BCUT2D eigenvalue weighted by molar-refractivity contribution is 5.86. The number of ether oxygens (including phenoxy) is 1. The summed E-state index contributed by atoms with van der Waals surface area (Å²) in [5.74, 6) is -1.03. The van der Waals surface area contributed by atoms with Crippen LogP contribution in [0.3, 0.4) is 0 Å². The van der Waals surface area contributed by atoms with Crippen molar-refractivity contribution in [2.24, 2.45) is 7.05 Å². The zero-order valence-corrected chi connectivity index (χ0v) is 19.2. The lowest BCUT2D eigenvalue weighted by molar-refractivity contribution is -0.274. The maximum absolute atomic E-state index is 14.7. The Morgan fingerprint density at radius 2 is 1.94 bits per heavy atom. The predicted octanol–water partition coefficient (Wildman–Crippen LogP) is 3.51. The molecule has 1 saturated heterocycles. The van der Waals surface area contributed by atoms with Gasteiger partial charge in [0.1, 0.15) is 28.8 Å². The van der Waals surface area contributed by atoms with Crippen LogP contribution in [0.15, 0.2) is 35.1 Å². The Labute approximate surface area is 198 Å². The number of fused-ring (bicyclic) bond motifs is 1. The van der Waals surface area contributed by atoms with Crippen molar-refractivity contribution >= 4 is 16.9 Å². The van der Waals surface area contributed by atoms with E-state index in [1.54, 1.807) is 20.0 Å². The molecule has 0 amide bonds. The molecular weight excluding hydrogens is 468 g/mol. The zero-order valence-electron chi connectivity index (χ0n) is 19.2. The first kappa shape index (κ1) is 24.4. The number of alkyl halides is 3. The fourth-order valence-electron chi connectivity index (χ4n) is 4.45. The first-order valence-corrected chi connectivity index (χ1v) is 10.8. The third-order valence-corrected chi connectivity index (χ3v) is 6.18. The van der Waals surface area contributed by atoms with Crippen LogP contribution >= 0.6 is 0 Å². The molecule has 184 valence electrons. The molecule has 0 saturated carbocycles. The van der Waals surface area contributed by atoms with E-state index in [0.717, 1.165) is 12.1 Å². The van der Waals surface area contributed by atoms with Crippen LogP contribution < -0.4 is 15.3 Å².